The van der Waals surface area contributed by atoms with Gasteiger partial charge in [0.2, 0.25) is 0 Å². The minimum atomic E-state index is -4.40. The van der Waals surface area contributed by atoms with Gasteiger partial charge in [-0.05, 0) is 71.8 Å². The van der Waals surface area contributed by atoms with E-state index in [1.54, 1.807) is 12.1 Å². The summed E-state index contributed by atoms with van der Waals surface area (Å²) in [4.78, 5) is 10.8. The molecule has 44 heavy (non-hydrogen) atoms. The van der Waals surface area contributed by atoms with Crippen LogP contribution >= 0.6 is 0 Å². The molecule has 226 valence electrons. The van der Waals surface area contributed by atoms with Crippen LogP contribution < -0.4 is 5.32 Å². The van der Waals surface area contributed by atoms with E-state index < -0.39 is 23.5 Å². The lowest BCUT2D eigenvalue weighted by atomic mass is 10.1. The predicted octanol–water partition coefficient (Wildman–Crippen LogP) is 8.17. The molecule has 0 amide bonds. The van der Waals surface area contributed by atoms with E-state index in [9.17, 15) is 22.4 Å². The lowest BCUT2D eigenvalue weighted by molar-refractivity contribution is -0.138. The highest BCUT2D eigenvalue weighted by Gasteiger charge is 2.30. The first-order valence-electron chi connectivity index (χ1n) is 14.2. The van der Waals surface area contributed by atoms with Crippen LogP contribution in [-0.2, 0) is 43.3 Å². The van der Waals surface area contributed by atoms with Gasteiger partial charge in [0.1, 0.15) is 5.82 Å². The fourth-order valence-electron chi connectivity index (χ4n) is 4.92. The summed E-state index contributed by atoms with van der Waals surface area (Å²) in [6, 6.07) is 29.7. The Morgan fingerprint density at radius 1 is 0.795 bits per heavy atom. The summed E-state index contributed by atoms with van der Waals surface area (Å²) in [6.07, 6.45) is -2.88. The normalized spacial score (nSPS) is 11.5. The number of anilines is 1. The topological polar surface area (TPSA) is 67.2 Å². The molecule has 0 radical (unpaired) electrons. The Kier molecular flexibility index (Phi) is 9.43. The van der Waals surface area contributed by atoms with E-state index in [-0.39, 0.29) is 12.8 Å². The zero-order valence-corrected chi connectivity index (χ0v) is 23.8. The number of nitrogens with one attached hydrogen (secondary N) is 1. The summed E-state index contributed by atoms with van der Waals surface area (Å²) >= 11 is 0. The van der Waals surface area contributed by atoms with Crippen molar-refractivity contribution in [3.05, 3.63) is 142 Å². The average Bonchev–Trinajstić information content (AvgIpc) is 3.41. The van der Waals surface area contributed by atoms with E-state index in [0.29, 0.717) is 42.0 Å². The number of benzene rings is 4. The van der Waals surface area contributed by atoms with Crippen LogP contribution in [0.15, 0.2) is 103 Å². The molecule has 5 nitrogen and oxygen atoms in total. The molecule has 0 atom stereocenters. The highest BCUT2D eigenvalue weighted by atomic mass is 19.4. The molecule has 5 aromatic rings. The smallest absolute Gasteiger partial charge is 0.416 e. The highest BCUT2D eigenvalue weighted by Crippen LogP contribution is 2.31. The number of carboxylic acid groups (broad SMARTS) is 1. The summed E-state index contributed by atoms with van der Waals surface area (Å²) in [5, 5.41) is 16.8. The van der Waals surface area contributed by atoms with Crippen molar-refractivity contribution in [3.8, 4) is 11.3 Å². The molecule has 0 bridgehead atoms. The molecular weight excluding hydrogens is 570 g/mol. The monoisotopic (exact) mass is 601 g/mol. The van der Waals surface area contributed by atoms with Gasteiger partial charge in [-0.1, -0.05) is 72.8 Å². The average molecular weight is 602 g/mol. The number of nitrogens with zero attached hydrogens (tertiary/aromatic N) is 2. The van der Waals surface area contributed by atoms with Crippen LogP contribution in [0.2, 0.25) is 0 Å². The number of aromatic nitrogens is 2. The summed E-state index contributed by atoms with van der Waals surface area (Å²) < 4.78 is 55.5. The van der Waals surface area contributed by atoms with Gasteiger partial charge in [0.15, 0.2) is 0 Å². The third-order valence-corrected chi connectivity index (χ3v) is 7.40. The van der Waals surface area contributed by atoms with E-state index >= 15 is 0 Å². The van der Waals surface area contributed by atoms with Gasteiger partial charge in [-0.25, -0.2) is 4.39 Å². The van der Waals surface area contributed by atoms with Crippen molar-refractivity contribution in [2.75, 3.05) is 5.32 Å². The maximum absolute atomic E-state index is 14.4. The van der Waals surface area contributed by atoms with E-state index in [1.807, 2.05) is 53.2 Å². The van der Waals surface area contributed by atoms with Crippen molar-refractivity contribution in [1.29, 1.82) is 0 Å². The van der Waals surface area contributed by atoms with Crippen LogP contribution in [0, 0.1) is 5.82 Å². The second-order valence-electron chi connectivity index (χ2n) is 10.6. The molecule has 5 rings (SSSR count). The summed E-state index contributed by atoms with van der Waals surface area (Å²) in [7, 11) is 0. The number of hydrogen-bond donors (Lipinski definition) is 2. The van der Waals surface area contributed by atoms with Crippen molar-refractivity contribution in [1.82, 2.24) is 9.78 Å². The molecule has 0 fully saturated rings. The highest BCUT2D eigenvalue weighted by molar-refractivity contribution is 5.67. The van der Waals surface area contributed by atoms with Crippen molar-refractivity contribution < 1.29 is 27.5 Å². The standard InChI is InChI=1S/C35H31F4N3O2/c36-32-20-30(17-13-27(32)14-19-34(43)44)40-22-25-6-8-26(9-7-25)23-42-31(18-10-24-4-2-1-3-5-24)21-33(41-42)28-11-15-29(16-12-28)35(37,38)39/h1-9,11-13,15-17,20-21,40H,10,14,18-19,22-23H2,(H,43,44). The first-order valence-corrected chi connectivity index (χ1v) is 14.2. The molecule has 1 heterocycles. The molecule has 0 aliphatic heterocycles. The predicted molar refractivity (Wildman–Crippen MR) is 162 cm³/mol. The number of rotatable bonds is 12. The Morgan fingerprint density at radius 2 is 1.50 bits per heavy atom. The molecule has 0 aliphatic rings. The molecule has 0 saturated heterocycles. The van der Waals surface area contributed by atoms with Crippen molar-refractivity contribution in [2.24, 2.45) is 0 Å². The van der Waals surface area contributed by atoms with Gasteiger partial charge in [0.05, 0.1) is 17.8 Å². The number of aliphatic carboxylic acids is 1. The van der Waals surface area contributed by atoms with E-state index in [4.69, 9.17) is 10.2 Å². The molecule has 2 N–H and O–H groups in total. The van der Waals surface area contributed by atoms with Crippen LogP contribution in [0.1, 0.15) is 39.9 Å². The molecule has 9 heteroatoms. The molecule has 0 saturated carbocycles. The number of halogens is 4. The largest absolute Gasteiger partial charge is 0.481 e. The lowest BCUT2D eigenvalue weighted by Crippen LogP contribution is -2.08. The Hall–Kier alpha value is -4.92. The summed E-state index contributed by atoms with van der Waals surface area (Å²) in [5.74, 6) is -1.41. The molecule has 0 aliphatic carbocycles. The van der Waals surface area contributed by atoms with Crippen LogP contribution in [0.25, 0.3) is 11.3 Å². The second-order valence-corrected chi connectivity index (χ2v) is 10.6. The quantitative estimate of drug-likeness (QED) is 0.142. The molecule has 0 spiro atoms. The van der Waals surface area contributed by atoms with Gasteiger partial charge in [0, 0.05) is 29.9 Å². The Bertz CT molecular complexity index is 1700. The van der Waals surface area contributed by atoms with Crippen LogP contribution in [0.4, 0.5) is 23.2 Å². The molecular formula is C35H31F4N3O2. The maximum Gasteiger partial charge on any atom is 0.416 e. The van der Waals surface area contributed by atoms with Crippen molar-refractivity contribution >= 4 is 11.7 Å². The van der Waals surface area contributed by atoms with Gasteiger partial charge in [-0.3, -0.25) is 9.48 Å². The number of carbonyl (C=O) groups is 1. The third kappa shape index (κ3) is 8.12. The number of carboxylic acids is 1. The Labute approximate surface area is 252 Å². The van der Waals surface area contributed by atoms with Crippen LogP contribution in [0.5, 0.6) is 0 Å². The fourth-order valence-corrected chi connectivity index (χ4v) is 4.92. The third-order valence-electron chi connectivity index (χ3n) is 7.40. The van der Waals surface area contributed by atoms with Crippen molar-refractivity contribution in [3.63, 3.8) is 0 Å². The van der Waals surface area contributed by atoms with E-state index in [2.05, 4.69) is 17.4 Å². The Morgan fingerprint density at radius 3 is 2.16 bits per heavy atom. The van der Waals surface area contributed by atoms with Gasteiger partial charge in [0.25, 0.3) is 0 Å². The van der Waals surface area contributed by atoms with Gasteiger partial charge < -0.3 is 10.4 Å². The molecule has 4 aromatic carbocycles. The Balaban J connectivity index is 1.28. The van der Waals surface area contributed by atoms with E-state index in [0.717, 1.165) is 35.4 Å². The van der Waals surface area contributed by atoms with Gasteiger partial charge >= 0.3 is 12.1 Å². The minimum Gasteiger partial charge on any atom is -0.481 e. The SMILES string of the molecule is O=C(O)CCc1ccc(NCc2ccc(Cn3nc(-c4ccc(C(F)(F)F)cc4)cc3CCc3ccccc3)cc2)cc1F. The number of aryl methyl sites for hydroxylation is 3. The van der Waals surface area contributed by atoms with E-state index in [1.165, 1.54) is 23.8 Å². The van der Waals surface area contributed by atoms with Crippen LogP contribution in [-0.4, -0.2) is 20.9 Å². The number of alkyl halides is 3. The maximum atomic E-state index is 14.4. The lowest BCUT2D eigenvalue weighted by Gasteiger charge is -2.11. The summed E-state index contributed by atoms with van der Waals surface area (Å²) in [5.41, 5.74) is 5.65. The van der Waals surface area contributed by atoms with Crippen molar-refractivity contribution in [2.45, 2.75) is 44.9 Å². The van der Waals surface area contributed by atoms with Gasteiger partial charge in [-0.2, -0.15) is 18.3 Å². The second kappa shape index (κ2) is 13.6. The molecule has 1 aromatic heterocycles. The first-order chi connectivity index (χ1) is 21.1. The zero-order valence-electron chi connectivity index (χ0n) is 23.8. The first kappa shape index (κ1) is 30.5. The summed E-state index contributed by atoms with van der Waals surface area (Å²) in [6.45, 7) is 0.956. The van der Waals surface area contributed by atoms with Gasteiger partial charge in [-0.15, -0.1) is 0 Å². The van der Waals surface area contributed by atoms with Crippen LogP contribution in [0.3, 0.4) is 0 Å². The minimum absolute atomic E-state index is 0.126. The number of hydrogen-bond acceptors (Lipinski definition) is 3. The fraction of sp³-hybridized carbons (Fsp3) is 0.200. The molecule has 0 unspecified atom stereocenters. The zero-order chi connectivity index (χ0) is 31.1.